The number of halogens is 3. The van der Waals surface area contributed by atoms with Crippen molar-refractivity contribution in [2.45, 2.75) is 24.5 Å². The average molecular weight is 396 g/mol. The molecular weight excluding hydrogens is 377 g/mol. The summed E-state index contributed by atoms with van der Waals surface area (Å²) in [5.41, 5.74) is 0.365. The van der Waals surface area contributed by atoms with E-state index in [1.54, 1.807) is 16.7 Å². The molecule has 27 heavy (non-hydrogen) atoms. The van der Waals surface area contributed by atoms with Crippen molar-refractivity contribution in [3.63, 3.8) is 0 Å². The van der Waals surface area contributed by atoms with Gasteiger partial charge in [0, 0.05) is 31.0 Å². The van der Waals surface area contributed by atoms with Crippen LogP contribution < -0.4 is 4.74 Å². The van der Waals surface area contributed by atoms with E-state index in [4.69, 9.17) is 4.74 Å². The molecule has 1 aromatic carbocycles. The highest BCUT2D eigenvalue weighted by atomic mass is 32.2. The van der Waals surface area contributed by atoms with Crippen molar-refractivity contribution in [3.8, 4) is 5.88 Å². The Bertz CT molecular complexity index is 771. The first-order valence-electron chi connectivity index (χ1n) is 8.51. The minimum atomic E-state index is -4.44. The van der Waals surface area contributed by atoms with Crippen LogP contribution in [0.4, 0.5) is 13.2 Å². The van der Waals surface area contributed by atoms with Gasteiger partial charge in [-0.1, -0.05) is 30.3 Å². The number of rotatable bonds is 6. The number of alkyl halides is 3. The summed E-state index contributed by atoms with van der Waals surface area (Å²) in [6.07, 6.45) is -3.12. The van der Waals surface area contributed by atoms with Crippen LogP contribution in [0.2, 0.25) is 0 Å². The SMILES string of the molecule is O=C(CSCc1ccccc1)N1CC[C@H](Oc2cc(C(F)(F)F)ccn2)C1. The lowest BCUT2D eigenvalue weighted by molar-refractivity contribution is -0.137. The molecular formula is C19H19F3N2O2S. The van der Waals surface area contributed by atoms with Crippen molar-refractivity contribution in [1.82, 2.24) is 9.88 Å². The Morgan fingerprint density at radius 3 is 2.78 bits per heavy atom. The molecule has 1 atom stereocenters. The number of hydrogen-bond donors (Lipinski definition) is 0. The van der Waals surface area contributed by atoms with Gasteiger partial charge in [0.15, 0.2) is 0 Å². The van der Waals surface area contributed by atoms with Crippen LogP contribution in [-0.2, 0) is 16.7 Å². The quantitative estimate of drug-likeness (QED) is 0.740. The van der Waals surface area contributed by atoms with E-state index in [-0.39, 0.29) is 17.9 Å². The number of aromatic nitrogens is 1. The van der Waals surface area contributed by atoms with Gasteiger partial charge < -0.3 is 9.64 Å². The van der Waals surface area contributed by atoms with Gasteiger partial charge in [-0.3, -0.25) is 4.79 Å². The van der Waals surface area contributed by atoms with Crippen LogP contribution in [0.25, 0.3) is 0 Å². The molecule has 2 heterocycles. The van der Waals surface area contributed by atoms with Crippen molar-refractivity contribution >= 4 is 17.7 Å². The first-order valence-corrected chi connectivity index (χ1v) is 9.66. The number of pyridine rings is 1. The minimum absolute atomic E-state index is 0.0130. The van der Waals surface area contributed by atoms with Gasteiger partial charge in [-0.25, -0.2) is 4.98 Å². The van der Waals surface area contributed by atoms with Crippen LogP contribution in [0.5, 0.6) is 5.88 Å². The summed E-state index contributed by atoms with van der Waals surface area (Å²) in [4.78, 5) is 17.8. The fraction of sp³-hybridized carbons (Fsp3) is 0.368. The molecule has 0 N–H and O–H groups in total. The summed E-state index contributed by atoms with van der Waals surface area (Å²) in [5, 5.41) is 0. The van der Waals surface area contributed by atoms with Gasteiger partial charge in [0.25, 0.3) is 0 Å². The predicted molar refractivity (Wildman–Crippen MR) is 97.5 cm³/mol. The third-order valence-corrected chi connectivity index (χ3v) is 5.17. The summed E-state index contributed by atoms with van der Waals surface area (Å²) in [5.74, 6) is 1.07. The number of likely N-dealkylation sites (tertiary alicyclic amines) is 1. The molecule has 1 saturated heterocycles. The van der Waals surface area contributed by atoms with E-state index >= 15 is 0 Å². The Hall–Kier alpha value is -2.22. The molecule has 2 aromatic rings. The molecule has 1 aliphatic heterocycles. The second-order valence-corrected chi connectivity index (χ2v) is 7.21. The molecule has 3 rings (SSSR count). The molecule has 1 aliphatic rings. The largest absolute Gasteiger partial charge is 0.472 e. The first-order chi connectivity index (χ1) is 12.9. The molecule has 1 amide bonds. The first kappa shape index (κ1) is 19.5. The number of carbonyl (C=O) groups excluding carboxylic acids is 1. The number of carbonyl (C=O) groups is 1. The third-order valence-electron chi connectivity index (χ3n) is 4.18. The lowest BCUT2D eigenvalue weighted by atomic mass is 10.2. The number of nitrogens with zero attached hydrogens (tertiary/aromatic N) is 2. The Kier molecular flexibility index (Phi) is 6.26. The maximum Gasteiger partial charge on any atom is 0.416 e. The predicted octanol–water partition coefficient (Wildman–Crippen LogP) is 4.01. The molecule has 1 fully saturated rings. The number of amides is 1. The van der Waals surface area contributed by atoms with Crippen molar-refractivity contribution in [2.75, 3.05) is 18.8 Å². The highest BCUT2D eigenvalue weighted by Gasteiger charge is 2.32. The van der Waals surface area contributed by atoms with Gasteiger partial charge in [-0.05, 0) is 11.6 Å². The number of thioether (sulfide) groups is 1. The van der Waals surface area contributed by atoms with Gasteiger partial charge >= 0.3 is 6.18 Å². The van der Waals surface area contributed by atoms with E-state index in [1.165, 1.54) is 0 Å². The van der Waals surface area contributed by atoms with Crippen molar-refractivity contribution in [1.29, 1.82) is 0 Å². The third kappa shape index (κ3) is 5.63. The summed E-state index contributed by atoms with van der Waals surface area (Å²) in [6, 6.07) is 11.7. The molecule has 144 valence electrons. The van der Waals surface area contributed by atoms with Crippen molar-refractivity contribution in [3.05, 3.63) is 59.8 Å². The monoisotopic (exact) mass is 396 g/mol. The Morgan fingerprint density at radius 1 is 1.26 bits per heavy atom. The normalized spacial score (nSPS) is 17.1. The Labute approximate surface area is 159 Å². The zero-order valence-corrected chi connectivity index (χ0v) is 15.3. The molecule has 0 spiro atoms. The van der Waals surface area contributed by atoms with Crippen LogP contribution in [0, 0.1) is 0 Å². The fourth-order valence-electron chi connectivity index (χ4n) is 2.79. The fourth-order valence-corrected chi connectivity index (χ4v) is 3.68. The van der Waals surface area contributed by atoms with Gasteiger partial charge in [0.2, 0.25) is 11.8 Å². The summed E-state index contributed by atoms with van der Waals surface area (Å²) in [6.45, 7) is 0.900. The number of benzene rings is 1. The summed E-state index contributed by atoms with van der Waals surface area (Å²) >= 11 is 1.54. The number of ether oxygens (including phenoxy) is 1. The lowest BCUT2D eigenvalue weighted by Gasteiger charge is -2.17. The topological polar surface area (TPSA) is 42.4 Å². The second kappa shape index (κ2) is 8.65. The molecule has 0 unspecified atom stereocenters. The molecule has 0 aliphatic carbocycles. The zero-order chi connectivity index (χ0) is 19.3. The maximum absolute atomic E-state index is 12.8. The van der Waals surface area contributed by atoms with Crippen molar-refractivity contribution < 1.29 is 22.7 Å². The van der Waals surface area contributed by atoms with Crippen LogP contribution in [0.3, 0.4) is 0 Å². The van der Waals surface area contributed by atoms with E-state index in [2.05, 4.69) is 4.98 Å². The van der Waals surface area contributed by atoms with Gasteiger partial charge in [-0.2, -0.15) is 13.2 Å². The van der Waals surface area contributed by atoms with Crippen LogP contribution in [-0.4, -0.2) is 40.7 Å². The van der Waals surface area contributed by atoms with Gasteiger partial charge in [0.1, 0.15) is 6.10 Å². The molecule has 0 radical (unpaired) electrons. The zero-order valence-electron chi connectivity index (χ0n) is 14.5. The summed E-state index contributed by atoms with van der Waals surface area (Å²) < 4.78 is 43.8. The highest BCUT2D eigenvalue weighted by Crippen LogP contribution is 2.31. The van der Waals surface area contributed by atoms with E-state index < -0.39 is 11.7 Å². The van der Waals surface area contributed by atoms with Gasteiger partial charge in [0.05, 0.1) is 17.9 Å². The molecule has 0 saturated carbocycles. The van der Waals surface area contributed by atoms with Gasteiger partial charge in [-0.15, -0.1) is 11.8 Å². The molecule has 0 bridgehead atoms. The molecule has 4 nitrogen and oxygen atoms in total. The lowest BCUT2D eigenvalue weighted by Crippen LogP contribution is -2.32. The molecule has 8 heteroatoms. The maximum atomic E-state index is 12.8. The highest BCUT2D eigenvalue weighted by molar-refractivity contribution is 7.99. The van der Waals surface area contributed by atoms with Crippen molar-refractivity contribution in [2.24, 2.45) is 0 Å². The minimum Gasteiger partial charge on any atom is -0.472 e. The smallest absolute Gasteiger partial charge is 0.416 e. The van der Waals surface area contributed by atoms with E-state index in [0.29, 0.717) is 25.3 Å². The Balaban J connectivity index is 1.46. The molecule has 1 aromatic heterocycles. The summed E-state index contributed by atoms with van der Waals surface area (Å²) in [7, 11) is 0. The second-order valence-electron chi connectivity index (χ2n) is 6.23. The van der Waals surface area contributed by atoms with Crippen LogP contribution in [0.15, 0.2) is 48.7 Å². The van der Waals surface area contributed by atoms with E-state index in [0.717, 1.165) is 29.6 Å². The number of hydrogen-bond acceptors (Lipinski definition) is 4. The van der Waals surface area contributed by atoms with Crippen LogP contribution in [0.1, 0.15) is 17.5 Å². The average Bonchev–Trinajstić information content (AvgIpc) is 3.11. The van der Waals surface area contributed by atoms with E-state index in [9.17, 15) is 18.0 Å². The van der Waals surface area contributed by atoms with E-state index in [1.807, 2.05) is 30.3 Å². The Morgan fingerprint density at radius 2 is 2.04 bits per heavy atom. The van der Waals surface area contributed by atoms with Crippen LogP contribution >= 0.6 is 11.8 Å². The standard InChI is InChI=1S/C19H19F3N2O2S/c20-19(21,22)15-6-8-23-17(10-15)26-16-7-9-24(11-16)18(25)13-27-12-14-4-2-1-3-5-14/h1-6,8,10,16H,7,9,11-13H2/t16-/m0/s1.